The Morgan fingerprint density at radius 3 is 2.29 bits per heavy atom. The van der Waals surface area contributed by atoms with Crippen LogP contribution in [0.15, 0.2) is 48.5 Å². The van der Waals surface area contributed by atoms with Crippen molar-refractivity contribution in [1.82, 2.24) is 0 Å². The fourth-order valence-electron chi connectivity index (χ4n) is 1.68. The lowest BCUT2D eigenvalue weighted by Crippen LogP contribution is -1.95. The van der Waals surface area contributed by atoms with Gasteiger partial charge in [-0.1, -0.05) is 30.3 Å². The smallest absolute Gasteiger partial charge is 0.335 e. The number of ether oxygens (including phenoxy) is 1. The van der Waals surface area contributed by atoms with Gasteiger partial charge in [-0.2, -0.15) is 0 Å². The standard InChI is InChI=1S/C14H12O3/c1-17-13-5-3-2-4-12(13)10-6-8-11(9-7-10)14(15)16/h2-9H,1H3,(H,15,16). The molecule has 0 amide bonds. The van der Waals surface area contributed by atoms with Crippen molar-refractivity contribution >= 4 is 5.97 Å². The number of benzene rings is 2. The molecular formula is C14H12O3. The molecule has 0 atom stereocenters. The highest BCUT2D eigenvalue weighted by molar-refractivity contribution is 5.88. The molecule has 0 heterocycles. The maximum Gasteiger partial charge on any atom is 0.335 e. The van der Waals surface area contributed by atoms with Gasteiger partial charge in [-0.25, -0.2) is 4.79 Å². The number of rotatable bonds is 3. The van der Waals surface area contributed by atoms with E-state index in [0.717, 1.165) is 16.9 Å². The van der Waals surface area contributed by atoms with Crippen LogP contribution in [0.2, 0.25) is 0 Å². The van der Waals surface area contributed by atoms with E-state index < -0.39 is 5.97 Å². The van der Waals surface area contributed by atoms with E-state index in [4.69, 9.17) is 9.84 Å². The van der Waals surface area contributed by atoms with Gasteiger partial charge in [0.05, 0.1) is 12.7 Å². The molecule has 0 bridgehead atoms. The Bertz CT molecular complexity index is 529. The molecule has 0 aliphatic heterocycles. The zero-order valence-corrected chi connectivity index (χ0v) is 9.38. The highest BCUT2D eigenvalue weighted by Crippen LogP contribution is 2.29. The number of aromatic carboxylic acids is 1. The molecule has 0 fully saturated rings. The molecule has 3 nitrogen and oxygen atoms in total. The molecule has 0 unspecified atom stereocenters. The molecule has 0 saturated carbocycles. The fourth-order valence-corrected chi connectivity index (χ4v) is 1.68. The molecule has 1 N–H and O–H groups in total. The number of carboxylic acids is 1. The molecule has 2 rings (SSSR count). The van der Waals surface area contributed by atoms with Gasteiger partial charge in [-0.15, -0.1) is 0 Å². The summed E-state index contributed by atoms with van der Waals surface area (Å²) in [5, 5.41) is 8.82. The van der Waals surface area contributed by atoms with Gasteiger partial charge in [0.25, 0.3) is 0 Å². The third-order valence-corrected chi connectivity index (χ3v) is 2.55. The maximum absolute atomic E-state index is 10.7. The molecule has 3 heteroatoms. The van der Waals surface area contributed by atoms with Gasteiger partial charge < -0.3 is 9.84 Å². The number of hydrogen-bond donors (Lipinski definition) is 1. The van der Waals surface area contributed by atoms with Gasteiger partial charge in [-0.05, 0) is 23.8 Å². The first kappa shape index (κ1) is 11.2. The topological polar surface area (TPSA) is 46.5 Å². The lowest BCUT2D eigenvalue weighted by Gasteiger charge is -2.08. The second-order valence-corrected chi connectivity index (χ2v) is 3.58. The summed E-state index contributed by atoms with van der Waals surface area (Å²) in [4.78, 5) is 10.7. The maximum atomic E-state index is 10.7. The van der Waals surface area contributed by atoms with Crippen LogP contribution in [0.3, 0.4) is 0 Å². The van der Waals surface area contributed by atoms with Crippen molar-refractivity contribution in [1.29, 1.82) is 0 Å². The van der Waals surface area contributed by atoms with Crippen molar-refractivity contribution in [3.05, 3.63) is 54.1 Å². The number of para-hydroxylation sites is 1. The van der Waals surface area contributed by atoms with E-state index in [-0.39, 0.29) is 5.56 Å². The van der Waals surface area contributed by atoms with E-state index in [1.54, 1.807) is 31.4 Å². The quantitative estimate of drug-likeness (QED) is 0.878. The van der Waals surface area contributed by atoms with Crippen LogP contribution in [0.1, 0.15) is 10.4 Å². The van der Waals surface area contributed by atoms with E-state index in [9.17, 15) is 4.79 Å². The Morgan fingerprint density at radius 2 is 1.71 bits per heavy atom. The van der Waals surface area contributed by atoms with Gasteiger partial charge in [0, 0.05) is 5.56 Å². The minimum Gasteiger partial charge on any atom is -0.496 e. The first-order valence-corrected chi connectivity index (χ1v) is 5.19. The molecule has 2 aromatic rings. The summed E-state index contributed by atoms with van der Waals surface area (Å²) in [7, 11) is 1.62. The first-order valence-electron chi connectivity index (χ1n) is 5.19. The predicted octanol–water partition coefficient (Wildman–Crippen LogP) is 3.06. The van der Waals surface area contributed by atoms with Crippen LogP contribution in [0.25, 0.3) is 11.1 Å². The van der Waals surface area contributed by atoms with Crippen LogP contribution >= 0.6 is 0 Å². The van der Waals surface area contributed by atoms with Crippen molar-refractivity contribution in [2.24, 2.45) is 0 Å². The molecule has 86 valence electrons. The summed E-state index contributed by atoms with van der Waals surface area (Å²) in [6, 6.07) is 14.4. The van der Waals surface area contributed by atoms with Crippen molar-refractivity contribution in [2.45, 2.75) is 0 Å². The summed E-state index contributed by atoms with van der Waals surface area (Å²) >= 11 is 0. The number of hydrogen-bond acceptors (Lipinski definition) is 2. The van der Waals surface area contributed by atoms with Crippen LogP contribution in [-0.4, -0.2) is 18.2 Å². The van der Waals surface area contributed by atoms with Crippen molar-refractivity contribution < 1.29 is 14.6 Å². The third-order valence-electron chi connectivity index (χ3n) is 2.55. The Balaban J connectivity index is 2.43. The largest absolute Gasteiger partial charge is 0.496 e. The predicted molar refractivity (Wildman–Crippen MR) is 65.4 cm³/mol. The SMILES string of the molecule is COc1ccccc1-c1ccc(C(=O)O)cc1. The molecule has 0 radical (unpaired) electrons. The van der Waals surface area contributed by atoms with Crippen LogP contribution < -0.4 is 4.74 Å². The van der Waals surface area contributed by atoms with Crippen LogP contribution in [-0.2, 0) is 0 Å². The molecular weight excluding hydrogens is 216 g/mol. The van der Waals surface area contributed by atoms with Gasteiger partial charge >= 0.3 is 5.97 Å². The first-order chi connectivity index (χ1) is 8.22. The zero-order valence-electron chi connectivity index (χ0n) is 9.38. The molecule has 0 aliphatic rings. The van der Waals surface area contributed by atoms with Crippen molar-refractivity contribution in [3.8, 4) is 16.9 Å². The Labute approximate surface area is 99.3 Å². The van der Waals surface area contributed by atoms with Crippen molar-refractivity contribution in [3.63, 3.8) is 0 Å². The fraction of sp³-hybridized carbons (Fsp3) is 0.0714. The summed E-state index contributed by atoms with van der Waals surface area (Å²) < 4.78 is 5.26. The Kier molecular flexibility index (Phi) is 3.10. The van der Waals surface area contributed by atoms with Gasteiger partial charge in [0.15, 0.2) is 0 Å². The molecule has 0 spiro atoms. The third kappa shape index (κ3) is 2.28. The second kappa shape index (κ2) is 4.70. The van der Waals surface area contributed by atoms with Crippen LogP contribution in [0, 0.1) is 0 Å². The zero-order chi connectivity index (χ0) is 12.3. The molecule has 0 saturated heterocycles. The van der Waals surface area contributed by atoms with E-state index in [2.05, 4.69) is 0 Å². The Hall–Kier alpha value is -2.29. The highest BCUT2D eigenvalue weighted by Gasteiger charge is 2.06. The lowest BCUT2D eigenvalue weighted by atomic mass is 10.0. The number of carbonyl (C=O) groups is 1. The van der Waals surface area contributed by atoms with Gasteiger partial charge in [0.2, 0.25) is 0 Å². The average molecular weight is 228 g/mol. The average Bonchev–Trinajstić information content (AvgIpc) is 2.39. The molecule has 17 heavy (non-hydrogen) atoms. The minimum atomic E-state index is -0.920. The minimum absolute atomic E-state index is 0.281. The Morgan fingerprint density at radius 1 is 1.06 bits per heavy atom. The van der Waals surface area contributed by atoms with Crippen LogP contribution in [0.4, 0.5) is 0 Å². The normalized spacial score (nSPS) is 9.94. The summed E-state index contributed by atoms with van der Waals surface area (Å²) in [6.07, 6.45) is 0. The van der Waals surface area contributed by atoms with E-state index in [0.29, 0.717) is 0 Å². The molecule has 2 aromatic carbocycles. The van der Waals surface area contributed by atoms with Gasteiger partial charge in [-0.3, -0.25) is 0 Å². The van der Waals surface area contributed by atoms with E-state index in [1.165, 1.54) is 0 Å². The lowest BCUT2D eigenvalue weighted by molar-refractivity contribution is 0.0697. The number of methoxy groups -OCH3 is 1. The molecule has 0 aromatic heterocycles. The van der Waals surface area contributed by atoms with Crippen LogP contribution in [0.5, 0.6) is 5.75 Å². The van der Waals surface area contributed by atoms with Crippen molar-refractivity contribution in [2.75, 3.05) is 7.11 Å². The summed E-state index contributed by atoms with van der Waals surface area (Å²) in [6.45, 7) is 0. The monoisotopic (exact) mass is 228 g/mol. The molecule has 0 aliphatic carbocycles. The number of carboxylic acid groups (broad SMARTS) is 1. The summed E-state index contributed by atoms with van der Waals surface area (Å²) in [5.41, 5.74) is 2.17. The van der Waals surface area contributed by atoms with Gasteiger partial charge in [0.1, 0.15) is 5.75 Å². The van der Waals surface area contributed by atoms with E-state index in [1.807, 2.05) is 24.3 Å². The highest BCUT2D eigenvalue weighted by atomic mass is 16.5. The summed E-state index contributed by atoms with van der Waals surface area (Å²) in [5.74, 6) is -0.146. The second-order valence-electron chi connectivity index (χ2n) is 3.58. The van der Waals surface area contributed by atoms with E-state index >= 15 is 0 Å².